The Kier molecular flexibility index (Phi) is 7.22. The van der Waals surface area contributed by atoms with Crippen LogP contribution in [0.4, 0.5) is 5.69 Å². The van der Waals surface area contributed by atoms with Crippen LogP contribution in [0.25, 0.3) is 0 Å². The Bertz CT molecular complexity index is 722. The molecule has 26 heavy (non-hydrogen) atoms. The van der Waals surface area contributed by atoms with Crippen molar-refractivity contribution in [1.82, 2.24) is 10.4 Å². The predicted molar refractivity (Wildman–Crippen MR) is 99.9 cm³/mol. The average Bonchev–Trinajstić information content (AvgIpc) is 2.94. The molecule has 0 aromatic heterocycles. The Morgan fingerprint density at radius 2 is 1.96 bits per heavy atom. The van der Waals surface area contributed by atoms with Crippen molar-refractivity contribution >= 4 is 23.4 Å². The fourth-order valence-corrected chi connectivity index (χ4v) is 2.81. The van der Waals surface area contributed by atoms with Gasteiger partial charge >= 0.3 is 0 Å². The first-order valence-corrected chi connectivity index (χ1v) is 9.03. The summed E-state index contributed by atoms with van der Waals surface area (Å²) in [6.07, 6.45) is 9.87. The van der Waals surface area contributed by atoms with Crippen LogP contribution in [0.15, 0.2) is 18.2 Å². The van der Waals surface area contributed by atoms with E-state index in [1.54, 1.807) is 18.2 Å². The van der Waals surface area contributed by atoms with Crippen molar-refractivity contribution in [3.8, 4) is 12.3 Å². The summed E-state index contributed by atoms with van der Waals surface area (Å²) < 4.78 is 0. The van der Waals surface area contributed by atoms with Gasteiger partial charge in [0.25, 0.3) is 5.91 Å². The number of unbranched alkanes of at least 4 members (excludes halogenated alkanes) is 3. The molecule has 6 nitrogen and oxygen atoms in total. The van der Waals surface area contributed by atoms with Crippen LogP contribution in [0.3, 0.4) is 0 Å². The van der Waals surface area contributed by atoms with Gasteiger partial charge in [0.05, 0.1) is 6.54 Å². The number of hydrogen-bond donors (Lipinski definition) is 2. The number of hydrazine groups is 1. The van der Waals surface area contributed by atoms with Crippen LogP contribution in [-0.2, 0) is 16.1 Å². The first-order valence-electron chi connectivity index (χ1n) is 9.03. The molecule has 0 radical (unpaired) electrons. The summed E-state index contributed by atoms with van der Waals surface area (Å²) in [6, 6.07) is 5.21. The molecule has 0 fully saturated rings. The number of nitrogens with one attached hydrogen (secondary N) is 2. The van der Waals surface area contributed by atoms with Crippen molar-refractivity contribution in [2.45, 2.75) is 58.4 Å². The van der Waals surface area contributed by atoms with E-state index in [1.807, 2.05) is 6.92 Å². The number of nitrogens with zero attached hydrogens (tertiary/aromatic N) is 1. The molecule has 0 spiro atoms. The third kappa shape index (κ3) is 5.09. The highest BCUT2D eigenvalue weighted by Gasteiger charge is 2.30. The molecule has 0 saturated heterocycles. The lowest BCUT2D eigenvalue weighted by atomic mass is 10.1. The Morgan fingerprint density at radius 1 is 1.19 bits per heavy atom. The van der Waals surface area contributed by atoms with Crippen LogP contribution in [0.1, 0.15) is 67.8 Å². The second kappa shape index (κ2) is 9.62. The number of terminal acetylenes is 1. The van der Waals surface area contributed by atoms with E-state index >= 15 is 0 Å². The molecule has 1 aromatic carbocycles. The van der Waals surface area contributed by atoms with Crippen LogP contribution in [0.5, 0.6) is 0 Å². The molecular weight excluding hydrogens is 330 g/mol. The Balaban J connectivity index is 1.98. The second-order valence-electron chi connectivity index (χ2n) is 6.32. The van der Waals surface area contributed by atoms with Gasteiger partial charge in [0.2, 0.25) is 11.8 Å². The zero-order valence-electron chi connectivity index (χ0n) is 15.1. The van der Waals surface area contributed by atoms with E-state index in [0.29, 0.717) is 30.5 Å². The molecule has 1 aliphatic rings. The SMILES string of the molecule is C#CCCCCC(=O)Nc1cccc2c1CN(NC(=O)CCCC)C2=O. The molecule has 2 N–H and O–H groups in total. The van der Waals surface area contributed by atoms with Gasteiger partial charge in [-0.2, -0.15) is 0 Å². The third-order valence-electron chi connectivity index (χ3n) is 4.23. The van der Waals surface area contributed by atoms with Crippen LogP contribution in [-0.4, -0.2) is 22.7 Å². The van der Waals surface area contributed by atoms with E-state index in [0.717, 1.165) is 31.2 Å². The molecule has 0 bridgehead atoms. The van der Waals surface area contributed by atoms with Crippen molar-refractivity contribution in [3.05, 3.63) is 29.3 Å². The average molecular weight is 355 g/mol. The van der Waals surface area contributed by atoms with Crippen molar-refractivity contribution in [1.29, 1.82) is 0 Å². The first-order chi connectivity index (χ1) is 12.6. The topological polar surface area (TPSA) is 78.5 Å². The molecule has 0 aliphatic carbocycles. The molecule has 0 saturated carbocycles. The molecule has 1 aromatic rings. The molecule has 3 amide bonds. The summed E-state index contributed by atoms with van der Waals surface area (Å²) in [5.41, 5.74) is 4.50. The minimum absolute atomic E-state index is 0.103. The number of anilines is 1. The fraction of sp³-hybridized carbons (Fsp3) is 0.450. The van der Waals surface area contributed by atoms with Gasteiger partial charge in [-0.05, 0) is 31.4 Å². The smallest absolute Gasteiger partial charge is 0.273 e. The minimum Gasteiger partial charge on any atom is -0.326 e. The first kappa shape index (κ1) is 19.5. The van der Waals surface area contributed by atoms with Gasteiger partial charge in [-0.25, -0.2) is 5.01 Å². The van der Waals surface area contributed by atoms with Crippen LogP contribution < -0.4 is 10.7 Å². The van der Waals surface area contributed by atoms with Crippen molar-refractivity contribution in [2.75, 3.05) is 5.32 Å². The Morgan fingerprint density at radius 3 is 2.69 bits per heavy atom. The fourth-order valence-electron chi connectivity index (χ4n) is 2.81. The quantitative estimate of drug-likeness (QED) is 0.528. The van der Waals surface area contributed by atoms with Gasteiger partial charge in [-0.3, -0.25) is 19.8 Å². The summed E-state index contributed by atoms with van der Waals surface area (Å²) in [4.78, 5) is 36.5. The number of hydrogen-bond acceptors (Lipinski definition) is 3. The van der Waals surface area contributed by atoms with Crippen molar-refractivity contribution < 1.29 is 14.4 Å². The number of fused-ring (bicyclic) bond motifs is 1. The molecule has 1 aliphatic heterocycles. The van der Waals surface area contributed by atoms with Crippen LogP contribution in [0, 0.1) is 12.3 Å². The van der Waals surface area contributed by atoms with Crippen molar-refractivity contribution in [2.24, 2.45) is 0 Å². The maximum atomic E-state index is 12.5. The van der Waals surface area contributed by atoms with E-state index in [9.17, 15) is 14.4 Å². The lowest BCUT2D eigenvalue weighted by molar-refractivity contribution is -0.125. The maximum Gasteiger partial charge on any atom is 0.273 e. The number of amides is 3. The zero-order chi connectivity index (χ0) is 18.9. The summed E-state index contributed by atoms with van der Waals surface area (Å²) in [5.74, 6) is 2.02. The van der Waals surface area contributed by atoms with Gasteiger partial charge < -0.3 is 5.32 Å². The van der Waals surface area contributed by atoms with Gasteiger partial charge in [0.15, 0.2) is 0 Å². The van der Waals surface area contributed by atoms with Crippen LogP contribution >= 0.6 is 0 Å². The highest BCUT2D eigenvalue weighted by Crippen LogP contribution is 2.28. The van der Waals surface area contributed by atoms with E-state index in [4.69, 9.17) is 6.42 Å². The molecule has 1 heterocycles. The van der Waals surface area contributed by atoms with Gasteiger partial charge in [-0.1, -0.05) is 19.4 Å². The number of rotatable bonds is 9. The van der Waals surface area contributed by atoms with E-state index in [-0.39, 0.29) is 24.3 Å². The van der Waals surface area contributed by atoms with E-state index in [2.05, 4.69) is 16.7 Å². The van der Waals surface area contributed by atoms with Gasteiger partial charge in [0.1, 0.15) is 0 Å². The molecule has 0 unspecified atom stereocenters. The third-order valence-corrected chi connectivity index (χ3v) is 4.23. The Hall–Kier alpha value is -2.81. The van der Waals surface area contributed by atoms with Crippen molar-refractivity contribution in [3.63, 3.8) is 0 Å². The number of carbonyl (C=O) groups excluding carboxylic acids is 3. The highest BCUT2D eigenvalue weighted by molar-refractivity contribution is 6.02. The molecule has 138 valence electrons. The summed E-state index contributed by atoms with van der Waals surface area (Å²) in [5, 5.41) is 4.18. The monoisotopic (exact) mass is 355 g/mol. The normalized spacial score (nSPS) is 12.5. The van der Waals surface area contributed by atoms with Crippen LogP contribution in [0.2, 0.25) is 0 Å². The lowest BCUT2D eigenvalue weighted by Crippen LogP contribution is -2.42. The van der Waals surface area contributed by atoms with Gasteiger partial charge in [-0.15, -0.1) is 12.3 Å². The highest BCUT2D eigenvalue weighted by atomic mass is 16.2. The summed E-state index contributed by atoms with van der Waals surface area (Å²) in [6.45, 7) is 2.26. The zero-order valence-corrected chi connectivity index (χ0v) is 15.1. The molecular formula is C20H25N3O3. The minimum atomic E-state index is -0.255. The Labute approximate surface area is 154 Å². The standard InChI is InChI=1S/C20H25N3O3/c1-3-5-7-8-13-18(24)21-17-11-9-10-15-16(17)14-23(20(15)26)22-19(25)12-6-4-2/h1,9-11H,4-8,12-14H2,2H3,(H,21,24)(H,22,25). The maximum absolute atomic E-state index is 12.5. The largest absolute Gasteiger partial charge is 0.326 e. The van der Waals surface area contributed by atoms with Gasteiger partial charge in [0, 0.05) is 36.1 Å². The second-order valence-corrected chi connectivity index (χ2v) is 6.32. The summed E-state index contributed by atoms with van der Waals surface area (Å²) >= 11 is 0. The lowest BCUT2D eigenvalue weighted by Gasteiger charge is -2.17. The summed E-state index contributed by atoms with van der Waals surface area (Å²) in [7, 11) is 0. The molecule has 6 heteroatoms. The molecule has 0 atom stereocenters. The van der Waals surface area contributed by atoms with E-state index in [1.165, 1.54) is 5.01 Å². The molecule has 2 rings (SSSR count). The number of benzene rings is 1. The number of carbonyl (C=O) groups is 3. The van der Waals surface area contributed by atoms with E-state index < -0.39 is 0 Å². The predicted octanol–water partition coefficient (Wildman–Crippen LogP) is 3.00.